The van der Waals surface area contributed by atoms with Gasteiger partial charge in [-0.05, 0) is 64.9 Å². The van der Waals surface area contributed by atoms with Gasteiger partial charge >= 0.3 is 0 Å². The molecule has 0 amide bonds. The molecule has 2 aromatic carbocycles. The third kappa shape index (κ3) is 2.20. The van der Waals surface area contributed by atoms with Gasteiger partial charge in [-0.25, -0.2) is 0 Å². The lowest BCUT2D eigenvalue weighted by atomic mass is 10.2. The average Bonchev–Trinajstić information content (AvgIpc) is 2.68. The summed E-state index contributed by atoms with van der Waals surface area (Å²) in [5, 5.41) is 0. The van der Waals surface area contributed by atoms with Crippen molar-refractivity contribution in [3.63, 3.8) is 0 Å². The molecule has 19 heavy (non-hydrogen) atoms. The van der Waals surface area contributed by atoms with E-state index < -0.39 is 0 Å². The number of aromatic nitrogens is 2. The maximum absolute atomic E-state index is 5.46. The number of aryl methyl sites for hydroxylation is 1. The molecule has 1 aromatic heterocycles. The van der Waals surface area contributed by atoms with Crippen LogP contribution in [0.2, 0.25) is 0 Å². The van der Waals surface area contributed by atoms with Gasteiger partial charge in [0.2, 0.25) is 0 Å². The summed E-state index contributed by atoms with van der Waals surface area (Å²) < 4.78 is 4.78. The van der Waals surface area contributed by atoms with Crippen molar-refractivity contribution in [2.45, 2.75) is 6.92 Å². The summed E-state index contributed by atoms with van der Waals surface area (Å²) in [6, 6.07) is 12.3. The van der Waals surface area contributed by atoms with Gasteiger partial charge in [-0.15, -0.1) is 0 Å². The van der Waals surface area contributed by atoms with Gasteiger partial charge in [0.05, 0.1) is 16.7 Å². The smallest absolute Gasteiger partial charge is 0.182 e. The summed E-state index contributed by atoms with van der Waals surface area (Å²) in [4.78, 5) is 3.28. The molecule has 5 heteroatoms. The van der Waals surface area contributed by atoms with E-state index in [2.05, 4.69) is 55.9 Å². The van der Waals surface area contributed by atoms with E-state index >= 15 is 0 Å². The number of hydrogen-bond donors (Lipinski definition) is 1. The fourth-order valence-corrected chi connectivity index (χ4v) is 3.70. The highest BCUT2D eigenvalue weighted by Crippen LogP contribution is 2.29. The molecule has 0 unspecified atom stereocenters. The van der Waals surface area contributed by atoms with E-state index in [-0.39, 0.29) is 0 Å². The van der Waals surface area contributed by atoms with Gasteiger partial charge in [-0.2, -0.15) is 0 Å². The number of hydrogen-bond acceptors (Lipinski definition) is 1. The number of halogens is 2. The second-order valence-corrected chi connectivity index (χ2v) is 6.49. The Morgan fingerprint density at radius 2 is 1.95 bits per heavy atom. The summed E-state index contributed by atoms with van der Waals surface area (Å²) in [6.45, 7) is 2.08. The molecule has 0 atom stereocenters. The van der Waals surface area contributed by atoms with Crippen molar-refractivity contribution < 1.29 is 0 Å². The van der Waals surface area contributed by atoms with Crippen molar-refractivity contribution in [3.05, 3.63) is 55.7 Å². The van der Waals surface area contributed by atoms with Crippen LogP contribution in [-0.2, 0) is 0 Å². The van der Waals surface area contributed by atoms with E-state index in [4.69, 9.17) is 12.2 Å². The maximum atomic E-state index is 5.46. The molecule has 3 aromatic rings. The third-order valence-corrected chi connectivity index (χ3v) is 4.49. The lowest BCUT2D eigenvalue weighted by molar-refractivity contribution is 1.06. The summed E-state index contributed by atoms with van der Waals surface area (Å²) >= 11 is 12.5. The van der Waals surface area contributed by atoms with Crippen LogP contribution in [0.25, 0.3) is 16.7 Å². The Morgan fingerprint density at radius 3 is 2.68 bits per heavy atom. The van der Waals surface area contributed by atoms with Crippen molar-refractivity contribution in [2.75, 3.05) is 0 Å². The molecule has 1 heterocycles. The van der Waals surface area contributed by atoms with Gasteiger partial charge < -0.3 is 4.98 Å². The molecular formula is C14H10Br2N2S. The zero-order valence-corrected chi connectivity index (χ0v) is 14.1. The monoisotopic (exact) mass is 396 g/mol. The van der Waals surface area contributed by atoms with E-state index in [0.717, 1.165) is 25.7 Å². The number of fused-ring (bicyclic) bond motifs is 1. The van der Waals surface area contributed by atoms with Crippen LogP contribution in [-0.4, -0.2) is 9.55 Å². The normalized spacial score (nSPS) is 11.1. The number of rotatable bonds is 1. The molecular weight excluding hydrogens is 388 g/mol. The Labute approximate surface area is 132 Å². The maximum Gasteiger partial charge on any atom is 0.182 e. The molecule has 0 saturated carbocycles. The SMILES string of the molecule is Cc1cccc2c1[nH]c(=S)n2-c1ccc(Br)cc1Br. The number of nitrogens with one attached hydrogen (secondary N) is 1. The van der Waals surface area contributed by atoms with Crippen molar-refractivity contribution >= 4 is 55.1 Å². The highest BCUT2D eigenvalue weighted by Gasteiger charge is 2.10. The van der Waals surface area contributed by atoms with Crippen LogP contribution < -0.4 is 0 Å². The quantitative estimate of drug-likeness (QED) is 0.536. The fourth-order valence-electron chi connectivity index (χ4n) is 2.18. The van der Waals surface area contributed by atoms with E-state index in [1.165, 1.54) is 5.56 Å². The van der Waals surface area contributed by atoms with Gasteiger partial charge in [0, 0.05) is 8.95 Å². The number of H-pyrrole nitrogens is 1. The molecule has 0 spiro atoms. The molecule has 0 aliphatic rings. The van der Waals surface area contributed by atoms with E-state index in [0.29, 0.717) is 4.77 Å². The highest BCUT2D eigenvalue weighted by molar-refractivity contribution is 9.11. The van der Waals surface area contributed by atoms with Crippen molar-refractivity contribution in [2.24, 2.45) is 0 Å². The highest BCUT2D eigenvalue weighted by atomic mass is 79.9. The predicted octanol–water partition coefficient (Wildman–Crippen LogP) is 5.52. The molecule has 0 fully saturated rings. The molecule has 0 saturated heterocycles. The lowest BCUT2D eigenvalue weighted by Crippen LogP contribution is -1.95. The summed E-state index contributed by atoms with van der Waals surface area (Å²) in [5.41, 5.74) is 4.40. The lowest BCUT2D eigenvalue weighted by Gasteiger charge is -2.08. The summed E-state index contributed by atoms with van der Waals surface area (Å²) in [6.07, 6.45) is 0. The molecule has 0 radical (unpaired) electrons. The number of aromatic amines is 1. The molecule has 96 valence electrons. The van der Waals surface area contributed by atoms with E-state index in [9.17, 15) is 0 Å². The number of imidazole rings is 1. The average molecular weight is 398 g/mol. The minimum atomic E-state index is 0.701. The molecule has 3 rings (SSSR count). The van der Waals surface area contributed by atoms with Crippen LogP contribution in [0.4, 0.5) is 0 Å². The largest absolute Gasteiger partial charge is 0.330 e. The van der Waals surface area contributed by atoms with Crippen LogP contribution in [0.1, 0.15) is 5.56 Å². The van der Waals surface area contributed by atoms with Crippen molar-refractivity contribution in [3.8, 4) is 5.69 Å². The molecule has 2 nitrogen and oxygen atoms in total. The fraction of sp³-hybridized carbons (Fsp3) is 0.0714. The Bertz CT molecular complexity index is 833. The van der Waals surface area contributed by atoms with Crippen molar-refractivity contribution in [1.82, 2.24) is 9.55 Å². The number of nitrogens with zero attached hydrogens (tertiary/aromatic N) is 1. The van der Waals surface area contributed by atoms with Gasteiger partial charge in [0.15, 0.2) is 4.77 Å². The number of para-hydroxylation sites is 1. The first-order chi connectivity index (χ1) is 9.08. The van der Waals surface area contributed by atoms with Gasteiger partial charge in [0.1, 0.15) is 0 Å². The zero-order valence-electron chi connectivity index (χ0n) is 10.1. The van der Waals surface area contributed by atoms with Crippen LogP contribution >= 0.6 is 44.1 Å². The Morgan fingerprint density at radius 1 is 1.16 bits per heavy atom. The van der Waals surface area contributed by atoms with Gasteiger partial charge in [-0.3, -0.25) is 4.57 Å². The molecule has 0 bridgehead atoms. The van der Waals surface area contributed by atoms with E-state index in [1.807, 2.05) is 28.8 Å². The van der Waals surface area contributed by atoms with Crippen LogP contribution in [0, 0.1) is 11.7 Å². The second-order valence-electron chi connectivity index (χ2n) is 4.33. The minimum absolute atomic E-state index is 0.701. The predicted molar refractivity (Wildman–Crippen MR) is 88.6 cm³/mol. The standard InChI is InChI=1S/C14H10Br2N2S/c1-8-3-2-4-12-13(8)17-14(19)18(12)11-6-5-9(15)7-10(11)16/h2-7H,1H3,(H,17,19). The Hall–Kier alpha value is -0.910. The minimum Gasteiger partial charge on any atom is -0.330 e. The molecule has 0 aliphatic heterocycles. The molecule has 1 N–H and O–H groups in total. The van der Waals surface area contributed by atoms with Gasteiger partial charge in [0.25, 0.3) is 0 Å². The van der Waals surface area contributed by atoms with Crippen molar-refractivity contribution in [1.29, 1.82) is 0 Å². The van der Waals surface area contributed by atoms with E-state index in [1.54, 1.807) is 0 Å². The summed E-state index contributed by atoms with van der Waals surface area (Å²) in [7, 11) is 0. The first-order valence-corrected chi connectivity index (χ1v) is 7.73. The zero-order chi connectivity index (χ0) is 13.6. The van der Waals surface area contributed by atoms with Crippen LogP contribution in [0.15, 0.2) is 45.3 Å². The van der Waals surface area contributed by atoms with Gasteiger partial charge in [-0.1, -0.05) is 28.1 Å². The summed E-state index contributed by atoms with van der Waals surface area (Å²) in [5.74, 6) is 0. The third-order valence-electron chi connectivity index (χ3n) is 3.08. The van der Waals surface area contributed by atoms with Crippen LogP contribution in [0.5, 0.6) is 0 Å². The molecule has 0 aliphatic carbocycles. The topological polar surface area (TPSA) is 20.7 Å². The second kappa shape index (κ2) is 4.89. The Kier molecular flexibility index (Phi) is 3.37. The number of benzene rings is 2. The van der Waals surface area contributed by atoms with Crippen LogP contribution in [0.3, 0.4) is 0 Å². The first kappa shape index (κ1) is 13.1. The Balaban J connectivity index is 2.40. The first-order valence-electron chi connectivity index (χ1n) is 5.73.